The number of benzene rings is 2. The highest BCUT2D eigenvalue weighted by Crippen LogP contribution is 2.29. The van der Waals surface area contributed by atoms with E-state index in [-0.39, 0.29) is 17.9 Å². The summed E-state index contributed by atoms with van der Waals surface area (Å²) in [6.07, 6.45) is 1.23. The lowest BCUT2D eigenvalue weighted by Crippen LogP contribution is -2.44. The second kappa shape index (κ2) is 15.0. The van der Waals surface area contributed by atoms with Crippen molar-refractivity contribution in [1.29, 1.82) is 0 Å². The van der Waals surface area contributed by atoms with Crippen LogP contribution in [0.15, 0.2) is 42.5 Å². The van der Waals surface area contributed by atoms with Crippen LogP contribution in [-0.4, -0.2) is 61.0 Å². The maximum absolute atomic E-state index is 12.6. The SMILES string of the molecule is CC(=O)O.CCC(C)(C)NCC(O)COc1cc(CCC(=O)c2ccccc2OC)ccc1OC. The first-order valence-corrected chi connectivity index (χ1v) is 11.6. The van der Waals surface area contributed by atoms with E-state index < -0.39 is 12.1 Å². The van der Waals surface area contributed by atoms with Crippen molar-refractivity contribution >= 4 is 11.8 Å². The number of aliphatic carboxylic acids is 1. The highest BCUT2D eigenvalue weighted by molar-refractivity contribution is 5.98. The molecule has 0 spiro atoms. The molecule has 2 aromatic carbocycles. The third-order valence-corrected chi connectivity index (χ3v) is 5.41. The molecule has 194 valence electrons. The Morgan fingerprint density at radius 1 is 1.03 bits per heavy atom. The van der Waals surface area contributed by atoms with Crippen molar-refractivity contribution < 1.29 is 34.0 Å². The minimum Gasteiger partial charge on any atom is -0.496 e. The topological polar surface area (TPSA) is 114 Å². The summed E-state index contributed by atoms with van der Waals surface area (Å²) in [7, 11) is 3.14. The molecule has 3 N–H and O–H groups in total. The molecule has 0 bridgehead atoms. The summed E-state index contributed by atoms with van der Waals surface area (Å²) < 4.78 is 16.5. The molecule has 0 amide bonds. The first-order valence-electron chi connectivity index (χ1n) is 11.6. The van der Waals surface area contributed by atoms with Gasteiger partial charge in [0.2, 0.25) is 0 Å². The Morgan fingerprint density at radius 2 is 1.66 bits per heavy atom. The highest BCUT2D eigenvalue weighted by atomic mass is 16.5. The van der Waals surface area contributed by atoms with Crippen LogP contribution in [0.3, 0.4) is 0 Å². The molecule has 0 radical (unpaired) electrons. The van der Waals surface area contributed by atoms with Gasteiger partial charge in [-0.2, -0.15) is 0 Å². The molecule has 0 saturated carbocycles. The van der Waals surface area contributed by atoms with E-state index in [1.54, 1.807) is 26.4 Å². The van der Waals surface area contributed by atoms with Crippen LogP contribution in [0.4, 0.5) is 0 Å². The number of carboxylic acid groups (broad SMARTS) is 1. The zero-order chi connectivity index (χ0) is 26.4. The molecule has 1 atom stereocenters. The molecule has 8 heteroatoms. The van der Waals surface area contributed by atoms with Gasteiger partial charge in [-0.3, -0.25) is 9.59 Å². The Kier molecular flexibility index (Phi) is 12.8. The predicted molar refractivity (Wildman–Crippen MR) is 136 cm³/mol. The van der Waals surface area contributed by atoms with E-state index in [1.165, 1.54) is 0 Å². The third-order valence-electron chi connectivity index (χ3n) is 5.41. The number of carbonyl (C=O) groups is 2. The molecular weight excluding hydrogens is 450 g/mol. The Labute approximate surface area is 208 Å². The maximum atomic E-state index is 12.6. The number of Topliss-reactive ketones (excluding diaryl/α,β-unsaturated/α-hetero) is 1. The molecule has 0 fully saturated rings. The highest BCUT2D eigenvalue weighted by Gasteiger charge is 2.17. The summed E-state index contributed by atoms with van der Waals surface area (Å²) in [6.45, 7) is 7.96. The van der Waals surface area contributed by atoms with Crippen molar-refractivity contribution in [3.8, 4) is 17.2 Å². The molecule has 0 aliphatic rings. The lowest BCUT2D eigenvalue weighted by atomic mass is 10.0. The lowest BCUT2D eigenvalue weighted by molar-refractivity contribution is -0.134. The summed E-state index contributed by atoms with van der Waals surface area (Å²) in [5.41, 5.74) is 1.51. The fourth-order valence-electron chi connectivity index (χ4n) is 3.02. The number of nitrogens with one attached hydrogen (secondary N) is 1. The van der Waals surface area contributed by atoms with E-state index in [1.807, 2.05) is 30.3 Å². The number of rotatable bonds is 13. The monoisotopic (exact) mass is 489 g/mol. The Hall–Kier alpha value is -3.10. The van der Waals surface area contributed by atoms with Crippen molar-refractivity contribution in [1.82, 2.24) is 5.32 Å². The number of hydrogen-bond acceptors (Lipinski definition) is 7. The molecule has 0 heterocycles. The zero-order valence-corrected chi connectivity index (χ0v) is 21.6. The second-order valence-electron chi connectivity index (χ2n) is 8.71. The number of para-hydroxylation sites is 1. The van der Waals surface area contributed by atoms with E-state index in [9.17, 15) is 9.90 Å². The van der Waals surface area contributed by atoms with Crippen molar-refractivity contribution in [2.24, 2.45) is 0 Å². The number of ketones is 1. The average Bonchev–Trinajstić information content (AvgIpc) is 2.84. The van der Waals surface area contributed by atoms with Crippen molar-refractivity contribution in [3.63, 3.8) is 0 Å². The minimum absolute atomic E-state index is 0.0239. The molecule has 0 saturated heterocycles. The van der Waals surface area contributed by atoms with Gasteiger partial charge in [0, 0.05) is 25.4 Å². The first kappa shape index (κ1) is 29.9. The number of aliphatic hydroxyl groups is 1. The van der Waals surface area contributed by atoms with Gasteiger partial charge in [0.1, 0.15) is 18.5 Å². The molecule has 2 aromatic rings. The molecule has 0 aliphatic heterocycles. The van der Waals surface area contributed by atoms with Crippen LogP contribution < -0.4 is 19.5 Å². The molecule has 0 aromatic heterocycles. The van der Waals surface area contributed by atoms with Gasteiger partial charge in [-0.1, -0.05) is 25.1 Å². The fraction of sp³-hybridized carbons (Fsp3) is 0.481. The van der Waals surface area contributed by atoms with Crippen LogP contribution in [0.1, 0.15) is 56.5 Å². The van der Waals surface area contributed by atoms with Gasteiger partial charge in [-0.25, -0.2) is 0 Å². The number of aryl methyl sites for hydroxylation is 1. The third kappa shape index (κ3) is 11.2. The largest absolute Gasteiger partial charge is 0.496 e. The van der Waals surface area contributed by atoms with Gasteiger partial charge >= 0.3 is 0 Å². The van der Waals surface area contributed by atoms with E-state index >= 15 is 0 Å². The maximum Gasteiger partial charge on any atom is 0.300 e. The molecule has 2 rings (SSSR count). The van der Waals surface area contributed by atoms with Gasteiger partial charge in [0.25, 0.3) is 5.97 Å². The molecule has 1 unspecified atom stereocenters. The number of carbonyl (C=O) groups excluding carboxylic acids is 1. The second-order valence-corrected chi connectivity index (χ2v) is 8.71. The molecule has 8 nitrogen and oxygen atoms in total. The molecule has 0 aliphatic carbocycles. The Morgan fingerprint density at radius 3 is 2.26 bits per heavy atom. The van der Waals surface area contributed by atoms with Crippen LogP contribution in [0.2, 0.25) is 0 Å². The van der Waals surface area contributed by atoms with Crippen LogP contribution in [-0.2, 0) is 11.2 Å². The van der Waals surface area contributed by atoms with Gasteiger partial charge in [0.05, 0.1) is 19.8 Å². The van der Waals surface area contributed by atoms with E-state index in [4.69, 9.17) is 24.1 Å². The van der Waals surface area contributed by atoms with Crippen LogP contribution in [0.25, 0.3) is 0 Å². The Balaban J connectivity index is 0.00000142. The smallest absolute Gasteiger partial charge is 0.300 e. The molecule has 35 heavy (non-hydrogen) atoms. The number of hydrogen-bond donors (Lipinski definition) is 3. The number of carboxylic acids is 1. The van der Waals surface area contributed by atoms with E-state index in [0.29, 0.717) is 42.2 Å². The summed E-state index contributed by atoms with van der Waals surface area (Å²) in [4.78, 5) is 21.6. The van der Waals surface area contributed by atoms with E-state index in [0.717, 1.165) is 18.9 Å². The van der Waals surface area contributed by atoms with Crippen LogP contribution >= 0.6 is 0 Å². The van der Waals surface area contributed by atoms with Crippen molar-refractivity contribution in [2.45, 2.75) is 58.6 Å². The normalized spacial score (nSPS) is 11.6. The summed E-state index contributed by atoms with van der Waals surface area (Å²) in [5.74, 6) is 0.920. The standard InChI is InChI=1S/C25H35NO5.C2H4O2/c1-6-25(2,3)26-16-19(27)17-31-24-15-18(12-14-23(24)30-5)11-13-21(28)20-9-7-8-10-22(20)29-4;1-2(3)4/h7-10,12,14-15,19,26-27H,6,11,13,16-17H2,1-5H3;1H3,(H,3,4). The minimum atomic E-state index is -0.833. The van der Waals surface area contributed by atoms with Crippen LogP contribution in [0, 0.1) is 0 Å². The first-order chi connectivity index (χ1) is 16.5. The zero-order valence-electron chi connectivity index (χ0n) is 21.6. The van der Waals surface area contributed by atoms with Crippen molar-refractivity contribution in [2.75, 3.05) is 27.4 Å². The Bertz CT molecular complexity index is 939. The summed E-state index contributed by atoms with van der Waals surface area (Å²) >= 11 is 0. The predicted octanol–water partition coefficient (Wildman–Crippen LogP) is 4.13. The number of aliphatic hydroxyl groups excluding tert-OH is 1. The molecular formula is C27H39NO7. The number of β-amino-alcohol motifs (C(OH)–C–C–N with tert-alkyl or cyclic N) is 1. The summed E-state index contributed by atoms with van der Waals surface area (Å²) in [5, 5.41) is 21.0. The average molecular weight is 490 g/mol. The van der Waals surface area contributed by atoms with Crippen molar-refractivity contribution in [3.05, 3.63) is 53.6 Å². The van der Waals surface area contributed by atoms with E-state index in [2.05, 4.69) is 26.1 Å². The summed E-state index contributed by atoms with van der Waals surface area (Å²) in [6, 6.07) is 12.8. The van der Waals surface area contributed by atoms with Gasteiger partial charge in [-0.05, 0) is 56.5 Å². The fourth-order valence-corrected chi connectivity index (χ4v) is 3.02. The van der Waals surface area contributed by atoms with Gasteiger partial charge in [-0.15, -0.1) is 0 Å². The van der Waals surface area contributed by atoms with Gasteiger partial charge < -0.3 is 29.7 Å². The van der Waals surface area contributed by atoms with Crippen LogP contribution in [0.5, 0.6) is 17.2 Å². The number of ether oxygens (including phenoxy) is 3. The number of methoxy groups -OCH3 is 2. The quantitative estimate of drug-likeness (QED) is 0.360. The van der Waals surface area contributed by atoms with Gasteiger partial charge in [0.15, 0.2) is 17.3 Å². The lowest BCUT2D eigenvalue weighted by Gasteiger charge is -2.26.